The summed E-state index contributed by atoms with van der Waals surface area (Å²) >= 11 is 1.75. The van der Waals surface area contributed by atoms with Gasteiger partial charge in [-0.15, -0.1) is 11.3 Å². The zero-order chi connectivity index (χ0) is 18.2. The standard InChI is InChI=1S/C20H25N3OS/c1-5-7-9-16(12-21)23-20(22-13-17-10-8-11-24-17)19-15(4)14(3)18(6-2)25-19/h8-11H,5-7,13H2,1-4H3,(H,22,23)/b16-9+. The molecule has 2 aromatic rings. The van der Waals surface area contributed by atoms with Crippen LogP contribution < -0.4 is 5.32 Å². The van der Waals surface area contributed by atoms with Gasteiger partial charge in [0.1, 0.15) is 23.4 Å². The van der Waals surface area contributed by atoms with Gasteiger partial charge in [0.2, 0.25) is 0 Å². The third-order valence-corrected chi connectivity index (χ3v) is 5.61. The SMILES string of the molecule is CCC/C=C(\C#N)NC(=NCc1ccco1)c1sc(CC)c(C)c1C. The van der Waals surface area contributed by atoms with Crippen LogP contribution in [0.2, 0.25) is 0 Å². The maximum absolute atomic E-state index is 9.43. The van der Waals surface area contributed by atoms with Crippen LogP contribution in [0.25, 0.3) is 0 Å². The van der Waals surface area contributed by atoms with E-state index < -0.39 is 0 Å². The Balaban J connectivity index is 2.38. The molecule has 2 rings (SSSR count). The van der Waals surface area contributed by atoms with Crippen molar-refractivity contribution in [3.05, 3.63) is 56.8 Å². The number of hydrogen-bond acceptors (Lipinski definition) is 4. The number of rotatable bonds is 7. The van der Waals surface area contributed by atoms with Crippen LogP contribution in [-0.4, -0.2) is 5.84 Å². The molecular weight excluding hydrogens is 330 g/mol. The molecule has 0 atom stereocenters. The van der Waals surface area contributed by atoms with Gasteiger partial charge in [-0.2, -0.15) is 5.26 Å². The number of furan rings is 1. The van der Waals surface area contributed by atoms with Crippen molar-refractivity contribution >= 4 is 17.2 Å². The van der Waals surface area contributed by atoms with Crippen LogP contribution in [0.1, 0.15) is 53.3 Å². The van der Waals surface area contributed by atoms with Gasteiger partial charge in [-0.25, -0.2) is 0 Å². The highest BCUT2D eigenvalue weighted by atomic mass is 32.1. The molecule has 0 aliphatic carbocycles. The molecule has 25 heavy (non-hydrogen) atoms. The van der Waals surface area contributed by atoms with E-state index >= 15 is 0 Å². The van der Waals surface area contributed by atoms with Crippen molar-refractivity contribution in [2.75, 3.05) is 0 Å². The van der Waals surface area contributed by atoms with Gasteiger partial charge < -0.3 is 9.73 Å². The number of aryl methyl sites for hydroxylation is 1. The first kappa shape index (κ1) is 19.0. The highest BCUT2D eigenvalue weighted by Crippen LogP contribution is 2.28. The molecule has 0 saturated heterocycles. The minimum atomic E-state index is 0.444. The maximum Gasteiger partial charge on any atom is 0.144 e. The van der Waals surface area contributed by atoms with E-state index in [9.17, 15) is 5.26 Å². The van der Waals surface area contributed by atoms with Crippen molar-refractivity contribution in [1.82, 2.24) is 5.32 Å². The van der Waals surface area contributed by atoms with Gasteiger partial charge in [-0.3, -0.25) is 4.99 Å². The smallest absolute Gasteiger partial charge is 0.144 e. The molecule has 4 nitrogen and oxygen atoms in total. The first-order chi connectivity index (χ1) is 12.1. The Morgan fingerprint density at radius 3 is 2.72 bits per heavy atom. The average molecular weight is 356 g/mol. The van der Waals surface area contributed by atoms with E-state index in [1.807, 2.05) is 18.2 Å². The quantitative estimate of drug-likeness (QED) is 0.418. The first-order valence-electron chi connectivity index (χ1n) is 8.64. The number of amidine groups is 1. The maximum atomic E-state index is 9.43. The van der Waals surface area contributed by atoms with Gasteiger partial charge in [0.15, 0.2) is 0 Å². The number of hydrogen-bond donors (Lipinski definition) is 1. The monoisotopic (exact) mass is 355 g/mol. The molecular formula is C20H25N3OS. The average Bonchev–Trinajstić information content (AvgIpc) is 3.24. The number of nitrogens with one attached hydrogen (secondary N) is 1. The molecule has 5 heteroatoms. The second-order valence-corrected chi connectivity index (χ2v) is 6.95. The second-order valence-electron chi connectivity index (χ2n) is 5.85. The summed E-state index contributed by atoms with van der Waals surface area (Å²) in [4.78, 5) is 7.17. The van der Waals surface area contributed by atoms with Crippen molar-refractivity contribution in [2.45, 2.75) is 53.5 Å². The molecule has 0 saturated carbocycles. The summed E-state index contributed by atoms with van der Waals surface area (Å²) in [6, 6.07) is 6.00. The lowest BCUT2D eigenvalue weighted by atomic mass is 10.1. The number of nitrogens with zero attached hydrogens (tertiary/aromatic N) is 2. The van der Waals surface area contributed by atoms with Gasteiger partial charge in [0, 0.05) is 4.88 Å². The zero-order valence-electron chi connectivity index (χ0n) is 15.3. The molecule has 1 N–H and O–H groups in total. The number of allylic oxidation sites excluding steroid dienone is 2. The number of nitriles is 1. The fourth-order valence-electron chi connectivity index (χ4n) is 2.49. The summed E-state index contributed by atoms with van der Waals surface area (Å²) in [5.41, 5.74) is 3.08. The van der Waals surface area contributed by atoms with Crippen molar-refractivity contribution in [3.63, 3.8) is 0 Å². The third kappa shape index (κ3) is 4.83. The largest absolute Gasteiger partial charge is 0.467 e. The molecule has 0 spiro atoms. The molecule has 2 aromatic heterocycles. The molecule has 0 radical (unpaired) electrons. The Labute approximate surface area is 153 Å². The number of aliphatic imine (C=N–C) groups is 1. The highest BCUT2D eigenvalue weighted by Gasteiger charge is 2.16. The van der Waals surface area contributed by atoms with Crippen molar-refractivity contribution in [3.8, 4) is 6.07 Å². The molecule has 0 aliphatic heterocycles. The van der Waals surface area contributed by atoms with Crippen LogP contribution in [-0.2, 0) is 13.0 Å². The van der Waals surface area contributed by atoms with E-state index in [1.54, 1.807) is 17.6 Å². The van der Waals surface area contributed by atoms with Crippen molar-refractivity contribution in [2.24, 2.45) is 4.99 Å². The molecule has 0 aromatic carbocycles. The number of unbranched alkanes of at least 4 members (excludes halogenated alkanes) is 1. The van der Waals surface area contributed by atoms with E-state index in [0.717, 1.165) is 35.7 Å². The zero-order valence-corrected chi connectivity index (χ0v) is 16.2. The van der Waals surface area contributed by atoms with E-state index in [0.29, 0.717) is 12.2 Å². The summed E-state index contributed by atoms with van der Waals surface area (Å²) in [5.74, 6) is 1.54. The van der Waals surface area contributed by atoms with Crippen LogP contribution in [0.5, 0.6) is 0 Å². The third-order valence-electron chi connectivity index (χ3n) is 4.07. The Kier molecular flexibility index (Phi) is 7.03. The fraction of sp³-hybridized carbons (Fsp3) is 0.400. The van der Waals surface area contributed by atoms with Crippen LogP contribution in [0.4, 0.5) is 0 Å². The van der Waals surface area contributed by atoms with Crippen LogP contribution >= 0.6 is 11.3 Å². The summed E-state index contributed by atoms with van der Waals surface area (Å²) in [6.45, 7) is 8.97. The summed E-state index contributed by atoms with van der Waals surface area (Å²) in [5, 5.41) is 12.7. The van der Waals surface area contributed by atoms with Gasteiger partial charge in [-0.05, 0) is 56.0 Å². The van der Waals surface area contributed by atoms with E-state index in [4.69, 9.17) is 9.41 Å². The Morgan fingerprint density at radius 1 is 1.36 bits per heavy atom. The van der Waals surface area contributed by atoms with Crippen molar-refractivity contribution < 1.29 is 4.42 Å². The molecule has 0 fully saturated rings. The van der Waals surface area contributed by atoms with Gasteiger partial charge in [0.25, 0.3) is 0 Å². The minimum absolute atomic E-state index is 0.444. The number of thiophene rings is 1. The fourth-order valence-corrected chi connectivity index (χ4v) is 3.70. The van der Waals surface area contributed by atoms with E-state index in [2.05, 4.69) is 39.1 Å². The molecule has 132 valence electrons. The predicted molar refractivity (Wildman–Crippen MR) is 104 cm³/mol. The lowest BCUT2D eigenvalue weighted by Crippen LogP contribution is -2.23. The van der Waals surface area contributed by atoms with E-state index in [-0.39, 0.29) is 0 Å². The van der Waals surface area contributed by atoms with Gasteiger partial charge in [0.05, 0.1) is 17.7 Å². The Morgan fingerprint density at radius 2 is 2.16 bits per heavy atom. The van der Waals surface area contributed by atoms with Crippen molar-refractivity contribution in [1.29, 1.82) is 5.26 Å². The molecule has 0 unspecified atom stereocenters. The first-order valence-corrected chi connectivity index (χ1v) is 9.45. The molecule has 0 bridgehead atoms. The van der Waals surface area contributed by atoms with Gasteiger partial charge >= 0.3 is 0 Å². The van der Waals surface area contributed by atoms with Gasteiger partial charge in [-0.1, -0.05) is 20.3 Å². The summed E-state index contributed by atoms with van der Waals surface area (Å²) in [6.07, 6.45) is 6.45. The molecule has 0 amide bonds. The van der Waals surface area contributed by atoms with Crippen LogP contribution in [0.3, 0.4) is 0 Å². The normalized spacial score (nSPS) is 12.3. The highest BCUT2D eigenvalue weighted by molar-refractivity contribution is 7.14. The van der Waals surface area contributed by atoms with E-state index in [1.165, 1.54) is 16.0 Å². The molecule has 0 aliphatic rings. The predicted octanol–water partition coefficient (Wildman–Crippen LogP) is 5.26. The lowest BCUT2D eigenvalue weighted by Gasteiger charge is -2.09. The molecule has 2 heterocycles. The topological polar surface area (TPSA) is 61.3 Å². The van der Waals surface area contributed by atoms with Crippen LogP contribution in [0.15, 0.2) is 39.6 Å². The second kappa shape index (κ2) is 9.24. The minimum Gasteiger partial charge on any atom is -0.467 e. The summed E-state index contributed by atoms with van der Waals surface area (Å²) < 4.78 is 5.39. The summed E-state index contributed by atoms with van der Waals surface area (Å²) in [7, 11) is 0. The Bertz CT molecular complexity index is 792. The lowest BCUT2D eigenvalue weighted by molar-refractivity contribution is 0.512. The van der Waals surface area contributed by atoms with Crippen LogP contribution in [0, 0.1) is 25.2 Å². The Hall–Kier alpha value is -2.32.